The molecule has 1 atom stereocenters. The summed E-state index contributed by atoms with van der Waals surface area (Å²) in [5.41, 5.74) is 1.35. The Morgan fingerprint density at radius 3 is 2.86 bits per heavy atom. The number of oxazole rings is 1. The summed E-state index contributed by atoms with van der Waals surface area (Å²) in [6.07, 6.45) is 4.23. The van der Waals surface area contributed by atoms with Crippen LogP contribution in [-0.4, -0.2) is 16.5 Å². The molecule has 1 aromatic heterocycles. The maximum absolute atomic E-state index is 12.1. The molecule has 1 saturated carbocycles. The zero-order chi connectivity index (χ0) is 14.8. The minimum absolute atomic E-state index is 0.100. The third-order valence-electron chi connectivity index (χ3n) is 4.14. The predicted molar refractivity (Wildman–Crippen MR) is 80.0 cm³/mol. The van der Waals surface area contributed by atoms with Gasteiger partial charge in [0.25, 0.3) is 0 Å². The molecule has 1 N–H and O–H groups in total. The maximum atomic E-state index is 12.1. The molecule has 0 unspecified atom stereocenters. The van der Waals surface area contributed by atoms with Gasteiger partial charge in [0, 0.05) is 18.5 Å². The Morgan fingerprint density at radius 1 is 1.38 bits per heavy atom. The van der Waals surface area contributed by atoms with E-state index in [1.54, 1.807) is 10.6 Å². The van der Waals surface area contributed by atoms with Crippen LogP contribution in [0, 0.1) is 5.92 Å². The quantitative estimate of drug-likeness (QED) is 0.938. The van der Waals surface area contributed by atoms with Gasteiger partial charge in [-0.15, -0.1) is 0 Å². The molecular formula is C16H20N2O3. The molecule has 1 fully saturated rings. The molecular weight excluding hydrogens is 268 g/mol. The zero-order valence-corrected chi connectivity index (χ0v) is 12.2. The lowest BCUT2D eigenvalue weighted by Crippen LogP contribution is -2.40. The van der Waals surface area contributed by atoms with Gasteiger partial charge in [-0.05, 0) is 31.9 Å². The fourth-order valence-electron chi connectivity index (χ4n) is 3.06. The van der Waals surface area contributed by atoms with Crippen molar-refractivity contribution in [2.24, 2.45) is 5.92 Å². The van der Waals surface area contributed by atoms with Crippen molar-refractivity contribution in [3.63, 3.8) is 0 Å². The fourth-order valence-corrected chi connectivity index (χ4v) is 3.06. The zero-order valence-electron chi connectivity index (χ0n) is 12.2. The van der Waals surface area contributed by atoms with E-state index >= 15 is 0 Å². The van der Waals surface area contributed by atoms with E-state index in [1.807, 2.05) is 25.1 Å². The van der Waals surface area contributed by atoms with Gasteiger partial charge in [0.2, 0.25) is 5.91 Å². The second kappa shape index (κ2) is 5.76. The van der Waals surface area contributed by atoms with Gasteiger partial charge in [-0.3, -0.25) is 9.36 Å². The van der Waals surface area contributed by atoms with E-state index in [0.717, 1.165) is 31.2 Å². The van der Waals surface area contributed by atoms with E-state index < -0.39 is 0 Å². The first-order chi connectivity index (χ1) is 10.1. The molecule has 1 aromatic carbocycles. The number of hydrogen-bond donors (Lipinski definition) is 1. The molecule has 1 heterocycles. The number of nitrogens with zero attached hydrogens (tertiary/aromatic N) is 1. The molecule has 0 radical (unpaired) electrons. The number of carbonyl (C=O) groups excluding carboxylic acids is 1. The van der Waals surface area contributed by atoms with E-state index in [0.29, 0.717) is 12.1 Å². The first kappa shape index (κ1) is 13.9. The van der Waals surface area contributed by atoms with Crippen molar-refractivity contribution in [1.82, 2.24) is 9.88 Å². The van der Waals surface area contributed by atoms with Gasteiger partial charge < -0.3 is 9.73 Å². The summed E-state index contributed by atoms with van der Waals surface area (Å²) in [6.45, 7) is 2.34. The van der Waals surface area contributed by atoms with Crippen LogP contribution in [0.4, 0.5) is 0 Å². The van der Waals surface area contributed by atoms with Gasteiger partial charge in [-0.2, -0.15) is 0 Å². The maximum Gasteiger partial charge on any atom is 0.420 e. The highest BCUT2D eigenvalue weighted by Crippen LogP contribution is 2.24. The number of aromatic nitrogens is 1. The highest BCUT2D eigenvalue weighted by Gasteiger charge is 2.24. The first-order valence-electron chi connectivity index (χ1n) is 7.54. The van der Waals surface area contributed by atoms with Crippen LogP contribution < -0.4 is 11.1 Å². The summed E-state index contributed by atoms with van der Waals surface area (Å²) in [7, 11) is 0. The molecule has 21 heavy (non-hydrogen) atoms. The van der Waals surface area contributed by atoms with Crippen LogP contribution in [0.2, 0.25) is 0 Å². The van der Waals surface area contributed by atoms with Crippen molar-refractivity contribution in [2.45, 2.75) is 45.2 Å². The Morgan fingerprint density at radius 2 is 2.10 bits per heavy atom. The van der Waals surface area contributed by atoms with Gasteiger partial charge in [-0.1, -0.05) is 25.0 Å². The lowest BCUT2D eigenvalue weighted by Gasteiger charge is -2.17. The van der Waals surface area contributed by atoms with E-state index in [-0.39, 0.29) is 23.6 Å². The topological polar surface area (TPSA) is 64.2 Å². The Labute approximate surface area is 122 Å². The monoisotopic (exact) mass is 288 g/mol. The standard InChI is InChI=1S/C16H20N2O3/c1-11(17-15(19)12-6-2-3-7-12)10-18-13-8-4-5-9-14(13)21-16(18)20/h4-5,8-9,11-12H,2-3,6-7,10H2,1H3,(H,17,19)/t11-/m0/s1. The van der Waals surface area contributed by atoms with Crippen LogP contribution in [0.3, 0.4) is 0 Å². The summed E-state index contributed by atoms with van der Waals surface area (Å²) in [5.74, 6) is -0.121. The molecule has 0 bridgehead atoms. The third kappa shape index (κ3) is 2.86. The molecule has 2 aromatic rings. The number of para-hydroxylation sites is 2. The van der Waals surface area contributed by atoms with Crippen molar-refractivity contribution < 1.29 is 9.21 Å². The average molecular weight is 288 g/mol. The molecule has 1 aliphatic carbocycles. The molecule has 0 saturated heterocycles. The number of rotatable bonds is 4. The molecule has 5 nitrogen and oxygen atoms in total. The molecule has 112 valence electrons. The van der Waals surface area contributed by atoms with Gasteiger partial charge in [0.15, 0.2) is 5.58 Å². The minimum Gasteiger partial charge on any atom is -0.408 e. The van der Waals surface area contributed by atoms with E-state index in [2.05, 4.69) is 5.32 Å². The largest absolute Gasteiger partial charge is 0.420 e. The summed E-state index contributed by atoms with van der Waals surface area (Å²) in [5, 5.41) is 3.01. The lowest BCUT2D eigenvalue weighted by molar-refractivity contribution is -0.125. The lowest BCUT2D eigenvalue weighted by atomic mass is 10.1. The van der Waals surface area contributed by atoms with Crippen LogP contribution >= 0.6 is 0 Å². The molecule has 1 amide bonds. The van der Waals surface area contributed by atoms with Crippen molar-refractivity contribution in [3.05, 3.63) is 34.8 Å². The Hall–Kier alpha value is -2.04. The smallest absolute Gasteiger partial charge is 0.408 e. The Bertz CT molecular complexity index is 695. The SMILES string of the molecule is C[C@@H](Cn1c(=O)oc2ccccc21)NC(=O)C1CCCC1. The van der Waals surface area contributed by atoms with E-state index in [1.165, 1.54) is 0 Å². The van der Waals surface area contributed by atoms with Crippen molar-refractivity contribution in [2.75, 3.05) is 0 Å². The number of amides is 1. The van der Waals surface area contributed by atoms with Gasteiger partial charge in [0.05, 0.1) is 5.52 Å². The predicted octanol–water partition coefficient (Wildman–Crippen LogP) is 2.29. The second-order valence-corrected chi connectivity index (χ2v) is 5.84. The second-order valence-electron chi connectivity index (χ2n) is 5.84. The van der Waals surface area contributed by atoms with Crippen LogP contribution in [0.5, 0.6) is 0 Å². The minimum atomic E-state index is -0.377. The van der Waals surface area contributed by atoms with Gasteiger partial charge >= 0.3 is 5.76 Å². The van der Waals surface area contributed by atoms with Gasteiger partial charge in [0.1, 0.15) is 0 Å². The first-order valence-corrected chi connectivity index (χ1v) is 7.54. The van der Waals surface area contributed by atoms with Crippen LogP contribution in [-0.2, 0) is 11.3 Å². The van der Waals surface area contributed by atoms with E-state index in [4.69, 9.17) is 4.42 Å². The van der Waals surface area contributed by atoms with Crippen LogP contribution in [0.15, 0.2) is 33.5 Å². The number of benzene rings is 1. The number of fused-ring (bicyclic) bond motifs is 1. The molecule has 3 rings (SSSR count). The fraction of sp³-hybridized carbons (Fsp3) is 0.500. The third-order valence-corrected chi connectivity index (χ3v) is 4.14. The highest BCUT2D eigenvalue weighted by atomic mass is 16.4. The van der Waals surface area contributed by atoms with E-state index in [9.17, 15) is 9.59 Å². The van der Waals surface area contributed by atoms with Crippen molar-refractivity contribution in [3.8, 4) is 0 Å². The molecule has 0 aliphatic heterocycles. The summed E-state index contributed by atoms with van der Waals surface area (Å²) in [6, 6.07) is 7.23. The normalized spacial score (nSPS) is 17.2. The number of nitrogens with one attached hydrogen (secondary N) is 1. The highest BCUT2D eigenvalue weighted by molar-refractivity contribution is 5.79. The number of carbonyl (C=O) groups is 1. The molecule has 5 heteroatoms. The van der Waals surface area contributed by atoms with Crippen LogP contribution in [0.1, 0.15) is 32.6 Å². The summed E-state index contributed by atoms with van der Waals surface area (Å²) in [4.78, 5) is 24.0. The van der Waals surface area contributed by atoms with Crippen molar-refractivity contribution in [1.29, 1.82) is 0 Å². The Balaban J connectivity index is 1.71. The summed E-state index contributed by atoms with van der Waals surface area (Å²) < 4.78 is 6.78. The van der Waals surface area contributed by atoms with Crippen LogP contribution in [0.25, 0.3) is 11.1 Å². The number of hydrogen-bond acceptors (Lipinski definition) is 3. The van der Waals surface area contributed by atoms with Gasteiger partial charge in [-0.25, -0.2) is 4.79 Å². The molecule has 1 aliphatic rings. The average Bonchev–Trinajstić information content (AvgIpc) is 3.08. The Kier molecular flexibility index (Phi) is 3.82. The van der Waals surface area contributed by atoms with Crippen molar-refractivity contribution >= 4 is 17.0 Å². The summed E-state index contributed by atoms with van der Waals surface area (Å²) >= 11 is 0. The molecule has 0 spiro atoms.